The van der Waals surface area contributed by atoms with E-state index >= 15 is 0 Å². The Morgan fingerprint density at radius 3 is 2.65 bits per heavy atom. The maximum Gasteiger partial charge on any atom is 0.273 e. The molecule has 0 spiro atoms. The molecule has 154 valence electrons. The van der Waals surface area contributed by atoms with Crippen LogP contribution in [0.3, 0.4) is 0 Å². The number of nitrogens with zero attached hydrogens (tertiary/aromatic N) is 3. The summed E-state index contributed by atoms with van der Waals surface area (Å²) in [6, 6.07) is 17.3. The van der Waals surface area contributed by atoms with E-state index in [4.69, 9.17) is 0 Å². The molecule has 0 aliphatic carbocycles. The summed E-state index contributed by atoms with van der Waals surface area (Å²) >= 11 is 0. The number of H-pyrrole nitrogens is 1. The lowest BCUT2D eigenvalue weighted by Crippen LogP contribution is -2.29. The first-order valence-electron chi connectivity index (χ1n) is 10.2. The third-order valence-electron chi connectivity index (χ3n) is 5.75. The monoisotopic (exact) mass is 410 g/mol. The smallest absolute Gasteiger partial charge is 0.273 e. The second-order valence-corrected chi connectivity index (χ2v) is 7.95. The minimum absolute atomic E-state index is 0.115. The van der Waals surface area contributed by atoms with Gasteiger partial charge < -0.3 is 10.0 Å². The second kappa shape index (κ2) is 7.40. The van der Waals surface area contributed by atoms with Crippen molar-refractivity contribution in [2.45, 2.75) is 26.4 Å². The van der Waals surface area contributed by atoms with Crippen LogP contribution in [0.1, 0.15) is 44.3 Å². The van der Waals surface area contributed by atoms with Crippen molar-refractivity contribution < 1.29 is 9.90 Å². The molecule has 6 nitrogen and oxygen atoms in total. The molecule has 0 radical (unpaired) electrons. The number of carbonyl (C=O) groups is 1. The average molecular weight is 410 g/mol. The van der Waals surface area contributed by atoms with Gasteiger partial charge in [0.15, 0.2) is 0 Å². The van der Waals surface area contributed by atoms with Crippen LogP contribution < -0.4 is 0 Å². The first-order chi connectivity index (χ1) is 15.0. The number of hydrogen-bond donors (Lipinski definition) is 2. The van der Waals surface area contributed by atoms with Gasteiger partial charge in [0, 0.05) is 30.1 Å². The molecule has 0 fully saturated rings. The number of benzene rings is 2. The van der Waals surface area contributed by atoms with Crippen LogP contribution in [0.4, 0.5) is 0 Å². The van der Waals surface area contributed by atoms with Crippen LogP contribution >= 0.6 is 0 Å². The third kappa shape index (κ3) is 3.17. The molecule has 2 N–H and O–H groups in total. The summed E-state index contributed by atoms with van der Waals surface area (Å²) in [6.45, 7) is 4.28. The summed E-state index contributed by atoms with van der Waals surface area (Å²) in [4.78, 5) is 19.4. The van der Waals surface area contributed by atoms with Gasteiger partial charge in [0.25, 0.3) is 5.91 Å². The van der Waals surface area contributed by atoms with Gasteiger partial charge >= 0.3 is 0 Å². The van der Waals surface area contributed by atoms with Gasteiger partial charge in [-0.05, 0) is 48.2 Å². The topological polar surface area (TPSA) is 82.1 Å². The van der Waals surface area contributed by atoms with E-state index in [1.807, 2.05) is 73.3 Å². The van der Waals surface area contributed by atoms with Crippen LogP contribution in [0.15, 0.2) is 67.0 Å². The van der Waals surface area contributed by atoms with Crippen LogP contribution in [0.25, 0.3) is 11.3 Å². The average Bonchev–Trinajstić information content (AvgIpc) is 3.31. The van der Waals surface area contributed by atoms with Gasteiger partial charge in [-0.15, -0.1) is 0 Å². The Kier molecular flexibility index (Phi) is 4.55. The molecule has 0 saturated heterocycles. The molecule has 1 atom stereocenters. The summed E-state index contributed by atoms with van der Waals surface area (Å²) < 4.78 is 0. The Balaban J connectivity index is 1.69. The fraction of sp³-hybridized carbons (Fsp3) is 0.160. The lowest BCUT2D eigenvalue weighted by Gasteiger charge is -2.26. The van der Waals surface area contributed by atoms with Crippen molar-refractivity contribution in [1.29, 1.82) is 0 Å². The Labute approximate surface area is 180 Å². The van der Waals surface area contributed by atoms with Gasteiger partial charge in [-0.1, -0.05) is 42.5 Å². The van der Waals surface area contributed by atoms with Gasteiger partial charge in [-0.25, -0.2) is 0 Å². The van der Waals surface area contributed by atoms with Gasteiger partial charge in [0.1, 0.15) is 17.1 Å². The highest BCUT2D eigenvalue weighted by Gasteiger charge is 2.42. The SMILES string of the molecule is Cc1cc(C)c(O)c(-c2n[nH]c3c2[C@@H](c2ccccc2)N(Cc2cccnc2)C3=O)c1. The maximum absolute atomic E-state index is 13.4. The largest absolute Gasteiger partial charge is 0.507 e. The predicted octanol–water partition coefficient (Wildman–Crippen LogP) is 4.54. The molecular weight excluding hydrogens is 388 g/mol. The predicted molar refractivity (Wildman–Crippen MR) is 118 cm³/mol. The van der Waals surface area contributed by atoms with Crippen LogP contribution in [-0.2, 0) is 6.54 Å². The van der Waals surface area contributed by atoms with Crippen molar-refractivity contribution in [1.82, 2.24) is 20.1 Å². The first-order valence-corrected chi connectivity index (χ1v) is 10.2. The zero-order valence-corrected chi connectivity index (χ0v) is 17.3. The summed E-state index contributed by atoms with van der Waals surface area (Å²) in [5, 5.41) is 18.2. The number of carbonyl (C=O) groups excluding carboxylic acids is 1. The Morgan fingerprint density at radius 2 is 1.90 bits per heavy atom. The number of hydrogen-bond acceptors (Lipinski definition) is 4. The molecule has 2 aromatic heterocycles. The number of phenols is 1. The van der Waals surface area contributed by atoms with Gasteiger partial charge in [-0.3, -0.25) is 14.9 Å². The van der Waals surface area contributed by atoms with Crippen molar-refractivity contribution in [2.24, 2.45) is 0 Å². The number of aromatic amines is 1. The number of rotatable bonds is 4. The first kappa shape index (κ1) is 19.1. The van der Waals surface area contributed by atoms with Crippen molar-refractivity contribution >= 4 is 5.91 Å². The molecule has 1 aliphatic heterocycles. The van der Waals surface area contributed by atoms with Crippen molar-refractivity contribution in [3.8, 4) is 17.0 Å². The Morgan fingerprint density at radius 1 is 1.10 bits per heavy atom. The van der Waals surface area contributed by atoms with E-state index in [0.29, 0.717) is 23.5 Å². The van der Waals surface area contributed by atoms with E-state index in [1.54, 1.807) is 12.4 Å². The summed E-state index contributed by atoms with van der Waals surface area (Å²) in [5.74, 6) is 0.0696. The number of nitrogens with one attached hydrogen (secondary N) is 1. The zero-order valence-electron chi connectivity index (χ0n) is 17.3. The molecule has 0 saturated carbocycles. The lowest BCUT2D eigenvalue weighted by atomic mass is 9.94. The minimum Gasteiger partial charge on any atom is -0.507 e. The highest BCUT2D eigenvalue weighted by molar-refractivity contribution is 6.00. The number of phenolic OH excluding ortho intramolecular Hbond substituents is 1. The zero-order chi connectivity index (χ0) is 21.5. The van der Waals surface area contributed by atoms with Gasteiger partial charge in [0.05, 0.1) is 6.04 Å². The summed E-state index contributed by atoms with van der Waals surface area (Å²) in [5.41, 5.74) is 6.24. The molecule has 31 heavy (non-hydrogen) atoms. The quantitative estimate of drug-likeness (QED) is 0.517. The second-order valence-electron chi connectivity index (χ2n) is 7.95. The van der Waals surface area contributed by atoms with Crippen LogP contribution in [-0.4, -0.2) is 31.1 Å². The van der Waals surface area contributed by atoms with E-state index < -0.39 is 0 Å². The fourth-order valence-corrected chi connectivity index (χ4v) is 4.38. The van der Waals surface area contributed by atoms with Crippen LogP contribution in [0, 0.1) is 13.8 Å². The molecule has 1 aliphatic rings. The number of pyridine rings is 1. The third-order valence-corrected chi connectivity index (χ3v) is 5.75. The molecule has 5 rings (SSSR count). The number of aromatic nitrogens is 3. The summed E-state index contributed by atoms with van der Waals surface area (Å²) in [6.07, 6.45) is 3.49. The van der Waals surface area contributed by atoms with E-state index in [0.717, 1.165) is 27.8 Å². The van der Waals surface area contributed by atoms with E-state index in [2.05, 4.69) is 15.2 Å². The molecule has 3 heterocycles. The Bertz CT molecular complexity index is 1270. The fourth-order valence-electron chi connectivity index (χ4n) is 4.38. The molecule has 0 bridgehead atoms. The number of fused-ring (bicyclic) bond motifs is 1. The molecule has 1 amide bonds. The van der Waals surface area contributed by atoms with Crippen molar-refractivity contribution in [3.63, 3.8) is 0 Å². The normalized spacial score (nSPS) is 15.4. The molecular formula is C25H22N4O2. The Hall–Kier alpha value is -3.93. The highest BCUT2D eigenvalue weighted by Crippen LogP contribution is 2.45. The molecule has 6 heteroatoms. The van der Waals surface area contributed by atoms with Crippen LogP contribution in [0.2, 0.25) is 0 Å². The summed E-state index contributed by atoms with van der Waals surface area (Å²) in [7, 11) is 0. The van der Waals surface area contributed by atoms with Crippen molar-refractivity contribution in [3.05, 3.63) is 101 Å². The number of amides is 1. The number of aromatic hydroxyl groups is 1. The lowest BCUT2D eigenvalue weighted by molar-refractivity contribution is 0.0730. The molecule has 0 unspecified atom stereocenters. The minimum atomic E-state index is -0.321. The van der Waals surface area contributed by atoms with Crippen molar-refractivity contribution in [2.75, 3.05) is 0 Å². The highest BCUT2D eigenvalue weighted by atomic mass is 16.3. The van der Waals surface area contributed by atoms with E-state index in [1.165, 1.54) is 0 Å². The number of aryl methyl sites for hydroxylation is 2. The van der Waals surface area contributed by atoms with Gasteiger partial charge in [-0.2, -0.15) is 5.10 Å². The maximum atomic E-state index is 13.4. The van der Waals surface area contributed by atoms with Gasteiger partial charge in [0.2, 0.25) is 0 Å². The van der Waals surface area contributed by atoms with E-state index in [-0.39, 0.29) is 17.7 Å². The van der Waals surface area contributed by atoms with E-state index in [9.17, 15) is 9.90 Å². The molecule has 4 aromatic rings. The van der Waals surface area contributed by atoms with Crippen LogP contribution in [0.5, 0.6) is 5.75 Å². The molecule has 2 aromatic carbocycles. The standard InChI is InChI=1S/C25H22N4O2/c1-15-11-16(2)24(30)19(12-15)21-20-22(28-27-21)25(31)29(14-17-7-6-10-26-13-17)23(20)18-8-4-3-5-9-18/h3-13,23,30H,14H2,1-2H3,(H,27,28)/t23-/m1/s1.